The van der Waals surface area contributed by atoms with Crippen molar-refractivity contribution in [3.05, 3.63) is 23.8 Å². The minimum atomic E-state index is 0.134. The fourth-order valence-corrected chi connectivity index (χ4v) is 2.09. The van der Waals surface area contributed by atoms with Crippen molar-refractivity contribution < 1.29 is 9.53 Å². The molecular weight excluding hydrogens is 282 g/mol. The van der Waals surface area contributed by atoms with Gasteiger partial charge in [-0.05, 0) is 38.0 Å². The van der Waals surface area contributed by atoms with Crippen molar-refractivity contribution in [2.24, 2.45) is 5.92 Å². The molecule has 0 spiro atoms. The number of halogens is 1. The van der Waals surface area contributed by atoms with E-state index in [4.69, 9.17) is 4.74 Å². The highest BCUT2D eigenvalue weighted by Crippen LogP contribution is 2.31. The van der Waals surface area contributed by atoms with Crippen LogP contribution in [0, 0.1) is 5.92 Å². The number of benzene rings is 1. The first-order valence-electron chi connectivity index (χ1n) is 5.87. The van der Waals surface area contributed by atoms with Gasteiger partial charge in [0.05, 0.1) is 6.61 Å². The predicted octanol–water partition coefficient (Wildman–Crippen LogP) is 3.33. The molecule has 0 unspecified atom stereocenters. The fourth-order valence-electron chi connectivity index (χ4n) is 1.65. The van der Waals surface area contributed by atoms with Gasteiger partial charge < -0.3 is 10.1 Å². The van der Waals surface area contributed by atoms with Gasteiger partial charge in [-0.25, -0.2) is 0 Å². The van der Waals surface area contributed by atoms with Crippen LogP contribution in [-0.2, 0) is 10.1 Å². The highest BCUT2D eigenvalue weighted by atomic mass is 79.9. The molecule has 0 aromatic heterocycles. The van der Waals surface area contributed by atoms with Crippen LogP contribution in [0.15, 0.2) is 18.2 Å². The maximum Gasteiger partial charge on any atom is 0.227 e. The van der Waals surface area contributed by atoms with Gasteiger partial charge in [-0.1, -0.05) is 15.9 Å². The number of carbonyl (C=O) groups is 1. The van der Waals surface area contributed by atoms with Gasteiger partial charge in [-0.3, -0.25) is 4.79 Å². The third kappa shape index (κ3) is 3.22. The molecule has 2 rings (SSSR count). The van der Waals surface area contributed by atoms with Crippen LogP contribution in [0.2, 0.25) is 0 Å². The number of hydrogen-bond donors (Lipinski definition) is 1. The Morgan fingerprint density at radius 3 is 2.88 bits per heavy atom. The minimum absolute atomic E-state index is 0.134. The quantitative estimate of drug-likeness (QED) is 0.847. The maximum atomic E-state index is 11.6. The molecule has 1 aromatic carbocycles. The van der Waals surface area contributed by atoms with E-state index in [-0.39, 0.29) is 11.8 Å². The normalized spacial score (nSPS) is 14.5. The lowest BCUT2D eigenvalue weighted by Crippen LogP contribution is -2.13. The molecular formula is C13H16BrNO2. The molecule has 0 bridgehead atoms. The van der Waals surface area contributed by atoms with Crippen LogP contribution >= 0.6 is 15.9 Å². The van der Waals surface area contributed by atoms with E-state index in [0.717, 1.165) is 35.2 Å². The predicted molar refractivity (Wildman–Crippen MR) is 71.6 cm³/mol. The number of ether oxygens (including phenoxy) is 1. The van der Waals surface area contributed by atoms with Crippen molar-refractivity contribution in [2.45, 2.75) is 25.1 Å². The van der Waals surface area contributed by atoms with Gasteiger partial charge in [0, 0.05) is 22.5 Å². The topological polar surface area (TPSA) is 38.3 Å². The number of amides is 1. The lowest BCUT2D eigenvalue weighted by atomic mass is 10.2. The third-order valence-corrected chi connectivity index (χ3v) is 3.32. The standard InChI is InChI=1S/C13H16BrNO2/c1-2-17-12-6-5-11(7-10(12)8-14)15-13(16)9-3-4-9/h5-7,9H,2-4,8H2,1H3,(H,15,16). The second-order valence-electron chi connectivity index (χ2n) is 4.15. The summed E-state index contributed by atoms with van der Waals surface area (Å²) in [6.45, 7) is 2.61. The van der Waals surface area contributed by atoms with Gasteiger partial charge in [-0.15, -0.1) is 0 Å². The number of alkyl halides is 1. The first kappa shape index (κ1) is 12.4. The van der Waals surface area contributed by atoms with Gasteiger partial charge in [0.1, 0.15) is 5.75 Å². The summed E-state index contributed by atoms with van der Waals surface area (Å²) in [5.74, 6) is 1.23. The Morgan fingerprint density at radius 2 is 2.29 bits per heavy atom. The smallest absolute Gasteiger partial charge is 0.227 e. The summed E-state index contributed by atoms with van der Waals surface area (Å²) < 4.78 is 5.50. The Hall–Kier alpha value is -1.03. The molecule has 0 aliphatic heterocycles. The van der Waals surface area contributed by atoms with Gasteiger partial charge in [0.15, 0.2) is 0 Å². The number of rotatable bonds is 5. The van der Waals surface area contributed by atoms with Crippen LogP contribution < -0.4 is 10.1 Å². The molecule has 4 heteroatoms. The molecule has 1 amide bonds. The highest BCUT2D eigenvalue weighted by Gasteiger charge is 2.29. The summed E-state index contributed by atoms with van der Waals surface area (Å²) in [4.78, 5) is 11.6. The molecule has 3 nitrogen and oxygen atoms in total. The fraction of sp³-hybridized carbons (Fsp3) is 0.462. The number of nitrogens with one attached hydrogen (secondary N) is 1. The Bertz CT molecular complexity index is 416. The summed E-state index contributed by atoms with van der Waals surface area (Å²) in [5, 5.41) is 3.65. The molecule has 0 heterocycles. The van der Waals surface area contributed by atoms with Crippen molar-refractivity contribution in [3.63, 3.8) is 0 Å². The SMILES string of the molecule is CCOc1ccc(NC(=O)C2CC2)cc1CBr. The first-order chi connectivity index (χ1) is 8.24. The molecule has 1 aromatic rings. The van der Waals surface area contributed by atoms with E-state index in [1.54, 1.807) is 0 Å². The van der Waals surface area contributed by atoms with Crippen molar-refractivity contribution >= 4 is 27.5 Å². The van der Waals surface area contributed by atoms with Gasteiger partial charge >= 0.3 is 0 Å². The monoisotopic (exact) mass is 297 g/mol. The van der Waals surface area contributed by atoms with Crippen LogP contribution in [0.25, 0.3) is 0 Å². The largest absolute Gasteiger partial charge is 0.494 e. The van der Waals surface area contributed by atoms with E-state index in [0.29, 0.717) is 6.61 Å². The molecule has 1 aliphatic carbocycles. The lowest BCUT2D eigenvalue weighted by Gasteiger charge is -2.11. The Kier molecular flexibility index (Phi) is 4.05. The molecule has 17 heavy (non-hydrogen) atoms. The summed E-state index contributed by atoms with van der Waals surface area (Å²) >= 11 is 3.43. The maximum absolute atomic E-state index is 11.6. The number of carbonyl (C=O) groups excluding carboxylic acids is 1. The molecule has 1 fully saturated rings. The Morgan fingerprint density at radius 1 is 1.53 bits per heavy atom. The van der Waals surface area contributed by atoms with Crippen molar-refractivity contribution in [1.82, 2.24) is 0 Å². The van der Waals surface area contributed by atoms with E-state index in [1.165, 1.54) is 0 Å². The molecule has 92 valence electrons. The van der Waals surface area contributed by atoms with Crippen LogP contribution in [0.5, 0.6) is 5.75 Å². The third-order valence-electron chi connectivity index (χ3n) is 2.72. The van der Waals surface area contributed by atoms with E-state index in [1.807, 2.05) is 25.1 Å². The summed E-state index contributed by atoms with van der Waals surface area (Å²) in [6, 6.07) is 5.75. The van der Waals surface area contributed by atoms with Crippen molar-refractivity contribution in [1.29, 1.82) is 0 Å². The second-order valence-corrected chi connectivity index (χ2v) is 4.71. The number of hydrogen-bond acceptors (Lipinski definition) is 2. The lowest BCUT2D eigenvalue weighted by molar-refractivity contribution is -0.117. The van der Waals surface area contributed by atoms with E-state index < -0.39 is 0 Å². The molecule has 0 radical (unpaired) electrons. The minimum Gasteiger partial charge on any atom is -0.494 e. The number of anilines is 1. The van der Waals surface area contributed by atoms with Crippen molar-refractivity contribution in [3.8, 4) is 5.75 Å². The van der Waals surface area contributed by atoms with Crippen LogP contribution in [0.3, 0.4) is 0 Å². The molecule has 0 saturated heterocycles. The first-order valence-corrected chi connectivity index (χ1v) is 6.99. The average molecular weight is 298 g/mol. The van der Waals surface area contributed by atoms with E-state index in [2.05, 4.69) is 21.2 Å². The Balaban J connectivity index is 2.09. The molecule has 1 aliphatic rings. The van der Waals surface area contributed by atoms with Crippen LogP contribution in [0.4, 0.5) is 5.69 Å². The van der Waals surface area contributed by atoms with E-state index in [9.17, 15) is 4.79 Å². The molecule has 1 N–H and O–H groups in total. The Labute approximate surface area is 110 Å². The second kappa shape index (κ2) is 5.54. The molecule has 0 atom stereocenters. The molecule has 1 saturated carbocycles. The van der Waals surface area contributed by atoms with Gasteiger partial charge in [0.25, 0.3) is 0 Å². The summed E-state index contributed by atoms with van der Waals surface area (Å²) in [7, 11) is 0. The zero-order chi connectivity index (χ0) is 12.3. The van der Waals surface area contributed by atoms with Crippen LogP contribution in [0.1, 0.15) is 25.3 Å². The van der Waals surface area contributed by atoms with Gasteiger partial charge in [0.2, 0.25) is 5.91 Å². The summed E-state index contributed by atoms with van der Waals surface area (Å²) in [6.07, 6.45) is 2.04. The van der Waals surface area contributed by atoms with Gasteiger partial charge in [-0.2, -0.15) is 0 Å². The highest BCUT2D eigenvalue weighted by molar-refractivity contribution is 9.08. The van der Waals surface area contributed by atoms with Crippen molar-refractivity contribution in [2.75, 3.05) is 11.9 Å². The van der Waals surface area contributed by atoms with E-state index >= 15 is 0 Å². The van der Waals surface area contributed by atoms with Crippen LogP contribution in [-0.4, -0.2) is 12.5 Å². The zero-order valence-corrected chi connectivity index (χ0v) is 11.4. The zero-order valence-electron chi connectivity index (χ0n) is 9.83. The summed E-state index contributed by atoms with van der Waals surface area (Å²) in [5.41, 5.74) is 1.90. The average Bonchev–Trinajstić information content (AvgIpc) is 3.15.